The summed E-state index contributed by atoms with van der Waals surface area (Å²) < 4.78 is 18.1. The number of nitrogens with zero attached hydrogens (tertiary/aromatic N) is 1. The number of methoxy groups -OCH3 is 1. The molecule has 2 aliphatic heterocycles. The van der Waals surface area contributed by atoms with Crippen LogP contribution in [0.1, 0.15) is 62.2 Å². The molecule has 0 aliphatic carbocycles. The molecule has 2 heterocycles. The van der Waals surface area contributed by atoms with Crippen molar-refractivity contribution < 1.29 is 23.5 Å². The van der Waals surface area contributed by atoms with E-state index in [2.05, 4.69) is 14.0 Å². The minimum absolute atomic E-state index is 0.269. The van der Waals surface area contributed by atoms with Crippen LogP contribution in [0.15, 0.2) is 18.2 Å². The van der Waals surface area contributed by atoms with Crippen LogP contribution in [0.2, 0.25) is 0 Å². The minimum Gasteiger partial charge on any atom is -0.493 e. The summed E-state index contributed by atoms with van der Waals surface area (Å²) >= 11 is 0. The first-order valence-corrected chi connectivity index (χ1v) is 10.9. The molecule has 28 heavy (non-hydrogen) atoms. The molecule has 0 N–H and O–H groups in total. The molecule has 2 fully saturated rings. The zero-order valence-corrected chi connectivity index (χ0v) is 17.7. The van der Waals surface area contributed by atoms with Gasteiger partial charge in [0.25, 0.3) is 0 Å². The number of carbonyl (C=O) groups excluding carboxylic acids is 1. The molecule has 1 aromatic carbocycles. The van der Waals surface area contributed by atoms with E-state index in [1.807, 2.05) is 0 Å². The number of benzene rings is 1. The van der Waals surface area contributed by atoms with Gasteiger partial charge in [0.15, 0.2) is 11.5 Å². The molecule has 2 aliphatic rings. The number of ether oxygens (including phenoxy) is 3. The molecule has 0 amide bonds. The predicted molar refractivity (Wildman–Crippen MR) is 110 cm³/mol. The molecule has 2 saturated heterocycles. The quantitative estimate of drug-likeness (QED) is 0.374. The molecule has 0 bridgehead atoms. The summed E-state index contributed by atoms with van der Waals surface area (Å²) in [4.78, 5) is 12.6. The first kappa shape index (κ1) is 21.0. The van der Waals surface area contributed by atoms with Gasteiger partial charge in [0.05, 0.1) is 45.5 Å². The zero-order chi connectivity index (χ0) is 20.0. The first-order valence-electron chi connectivity index (χ1n) is 10.9. The van der Waals surface area contributed by atoms with Gasteiger partial charge in [-0.2, -0.15) is 0 Å². The molecule has 3 unspecified atom stereocenters. The predicted octanol–water partition coefficient (Wildman–Crippen LogP) is 4.44. The van der Waals surface area contributed by atoms with Crippen molar-refractivity contribution in [1.29, 1.82) is 0 Å². The third-order valence-corrected chi connectivity index (χ3v) is 6.59. The van der Waals surface area contributed by atoms with Crippen LogP contribution in [0.4, 0.5) is 0 Å². The van der Waals surface area contributed by atoms with Gasteiger partial charge in [-0.25, -0.2) is 4.79 Å². The number of unbranched alkanes of at least 4 members (excludes halogenated alkanes) is 1. The Hall–Kier alpha value is -1.75. The standard InChI is InChI=1S/C23H36NO4/c1-4-5-15-27-21-12-11-18(16-22(21)26-3)23(25)28-17-19-9-8-14-24(2)13-7-6-10-20(19)24/h11-12,16,19-20H,4-10,13-15,17H2,1-3H3/q+1. The second-order valence-corrected chi connectivity index (χ2v) is 8.56. The Morgan fingerprint density at radius 3 is 2.75 bits per heavy atom. The maximum atomic E-state index is 12.6. The summed E-state index contributed by atoms with van der Waals surface area (Å²) in [5.74, 6) is 1.46. The van der Waals surface area contributed by atoms with Crippen LogP contribution in [0, 0.1) is 5.92 Å². The van der Waals surface area contributed by atoms with Gasteiger partial charge >= 0.3 is 5.97 Å². The highest BCUT2D eigenvalue weighted by Crippen LogP contribution is 2.36. The number of carbonyl (C=O) groups is 1. The molecule has 5 heteroatoms. The highest BCUT2D eigenvalue weighted by atomic mass is 16.5. The first-order chi connectivity index (χ1) is 13.6. The Morgan fingerprint density at radius 1 is 1.14 bits per heavy atom. The maximum Gasteiger partial charge on any atom is 0.338 e. The van der Waals surface area contributed by atoms with Crippen molar-refractivity contribution in [2.24, 2.45) is 5.92 Å². The number of hydrogen-bond donors (Lipinski definition) is 0. The largest absolute Gasteiger partial charge is 0.493 e. The number of rotatable bonds is 8. The molecule has 156 valence electrons. The van der Waals surface area contributed by atoms with Gasteiger partial charge in [-0.15, -0.1) is 0 Å². The summed E-state index contributed by atoms with van der Waals surface area (Å²) in [6, 6.07) is 5.94. The summed E-state index contributed by atoms with van der Waals surface area (Å²) in [7, 11) is 3.99. The molecule has 5 nitrogen and oxygen atoms in total. The minimum atomic E-state index is -0.269. The van der Waals surface area contributed by atoms with Crippen molar-refractivity contribution in [3.8, 4) is 11.5 Å². The van der Waals surface area contributed by atoms with Crippen LogP contribution in [-0.4, -0.2) is 57.0 Å². The van der Waals surface area contributed by atoms with Gasteiger partial charge in [-0.3, -0.25) is 0 Å². The fourth-order valence-electron chi connectivity index (χ4n) is 4.93. The number of piperidine rings is 2. The summed E-state index contributed by atoms with van der Waals surface area (Å²) in [5.41, 5.74) is 0.524. The maximum absolute atomic E-state index is 12.6. The Labute approximate surface area is 169 Å². The highest BCUT2D eigenvalue weighted by Gasteiger charge is 2.43. The Kier molecular flexibility index (Phi) is 7.22. The topological polar surface area (TPSA) is 44.8 Å². The number of esters is 1. The smallest absolute Gasteiger partial charge is 0.338 e. The molecule has 0 aromatic heterocycles. The van der Waals surface area contributed by atoms with E-state index >= 15 is 0 Å². The van der Waals surface area contributed by atoms with Gasteiger partial charge in [-0.05, 0) is 50.3 Å². The lowest BCUT2D eigenvalue weighted by atomic mass is 9.82. The Bertz CT molecular complexity index is 658. The van der Waals surface area contributed by atoms with Gasteiger partial charge in [0.2, 0.25) is 0 Å². The molecule has 1 aromatic rings. The molecule has 3 atom stereocenters. The van der Waals surface area contributed by atoms with Crippen LogP contribution in [0.3, 0.4) is 0 Å². The van der Waals surface area contributed by atoms with E-state index in [-0.39, 0.29) is 5.97 Å². The van der Waals surface area contributed by atoms with Crippen molar-refractivity contribution >= 4 is 5.97 Å². The third kappa shape index (κ3) is 4.80. The van der Waals surface area contributed by atoms with Crippen LogP contribution in [0.5, 0.6) is 11.5 Å². The summed E-state index contributed by atoms with van der Waals surface area (Å²) in [6.07, 6.45) is 8.35. The van der Waals surface area contributed by atoms with E-state index in [1.54, 1.807) is 25.3 Å². The van der Waals surface area contributed by atoms with Crippen LogP contribution >= 0.6 is 0 Å². The average Bonchev–Trinajstić information content (AvgIpc) is 2.71. The van der Waals surface area contributed by atoms with Gasteiger partial charge in [-0.1, -0.05) is 13.3 Å². The molecular weight excluding hydrogens is 354 g/mol. The second-order valence-electron chi connectivity index (χ2n) is 8.56. The van der Waals surface area contributed by atoms with Crippen LogP contribution < -0.4 is 9.47 Å². The van der Waals surface area contributed by atoms with Gasteiger partial charge < -0.3 is 18.7 Å². The van der Waals surface area contributed by atoms with Crippen molar-refractivity contribution in [3.63, 3.8) is 0 Å². The Morgan fingerprint density at radius 2 is 1.96 bits per heavy atom. The SMILES string of the molecule is CCCCOc1ccc(C(=O)OCC2CCC[N+]3(C)CCCCC23)cc1OC. The average molecular weight is 391 g/mol. The third-order valence-electron chi connectivity index (χ3n) is 6.59. The van der Waals surface area contributed by atoms with Crippen molar-refractivity contribution in [1.82, 2.24) is 0 Å². The molecule has 0 radical (unpaired) electrons. The Balaban J connectivity index is 1.59. The molecule has 3 rings (SSSR count). The lowest BCUT2D eigenvalue weighted by molar-refractivity contribution is -0.947. The fourth-order valence-corrected chi connectivity index (χ4v) is 4.93. The van der Waals surface area contributed by atoms with E-state index in [0.717, 1.165) is 12.8 Å². The van der Waals surface area contributed by atoms with Crippen molar-refractivity contribution in [2.75, 3.05) is 40.5 Å². The fraction of sp³-hybridized carbons (Fsp3) is 0.696. The van der Waals surface area contributed by atoms with Gasteiger partial charge in [0, 0.05) is 12.3 Å². The van der Waals surface area contributed by atoms with Crippen molar-refractivity contribution in [3.05, 3.63) is 23.8 Å². The number of fused-ring (bicyclic) bond motifs is 1. The molecule has 0 spiro atoms. The normalized spacial score (nSPS) is 27.0. The monoisotopic (exact) mass is 390 g/mol. The van der Waals surface area contributed by atoms with Crippen LogP contribution in [-0.2, 0) is 4.74 Å². The van der Waals surface area contributed by atoms with Crippen LogP contribution in [0.25, 0.3) is 0 Å². The number of hydrogen-bond acceptors (Lipinski definition) is 4. The van der Waals surface area contributed by atoms with E-state index < -0.39 is 0 Å². The summed E-state index contributed by atoms with van der Waals surface area (Å²) in [5, 5.41) is 0. The zero-order valence-electron chi connectivity index (χ0n) is 17.7. The second kappa shape index (κ2) is 9.64. The van der Waals surface area contributed by atoms with E-state index in [4.69, 9.17) is 14.2 Å². The lowest BCUT2D eigenvalue weighted by Crippen LogP contribution is -2.61. The van der Waals surface area contributed by atoms with E-state index in [1.165, 1.54) is 49.7 Å². The highest BCUT2D eigenvalue weighted by molar-refractivity contribution is 5.90. The molecule has 0 saturated carbocycles. The number of quaternary nitrogens is 1. The van der Waals surface area contributed by atoms with E-state index in [9.17, 15) is 4.79 Å². The molecular formula is C23H36NO4+. The van der Waals surface area contributed by atoms with Gasteiger partial charge in [0.1, 0.15) is 6.61 Å². The lowest BCUT2D eigenvalue weighted by Gasteiger charge is -2.51. The summed E-state index contributed by atoms with van der Waals surface area (Å²) in [6.45, 7) is 5.84. The van der Waals surface area contributed by atoms with Crippen molar-refractivity contribution in [2.45, 2.75) is 57.9 Å². The van der Waals surface area contributed by atoms with E-state index in [0.29, 0.717) is 42.2 Å².